The van der Waals surface area contributed by atoms with Crippen LogP contribution >= 0.6 is 0 Å². The highest BCUT2D eigenvalue weighted by Crippen LogP contribution is 2.37. The molecule has 114 valence electrons. The third-order valence-corrected chi connectivity index (χ3v) is 4.52. The zero-order valence-electron chi connectivity index (χ0n) is 13.4. The highest BCUT2D eigenvalue weighted by Gasteiger charge is 2.25. The summed E-state index contributed by atoms with van der Waals surface area (Å²) in [6, 6.07) is 4.63. The summed E-state index contributed by atoms with van der Waals surface area (Å²) >= 11 is 0. The fourth-order valence-electron chi connectivity index (χ4n) is 3.27. The topological polar surface area (TPSA) is 24.9 Å². The van der Waals surface area contributed by atoms with Crippen molar-refractivity contribution < 1.29 is 9.47 Å². The first-order valence-electron chi connectivity index (χ1n) is 7.92. The molecule has 1 unspecified atom stereocenters. The second-order valence-electron chi connectivity index (χ2n) is 6.26. The maximum atomic E-state index is 6.08. The predicted molar refractivity (Wildman–Crippen MR) is 88.1 cm³/mol. The molecule has 0 bridgehead atoms. The van der Waals surface area contributed by atoms with Gasteiger partial charge in [-0.05, 0) is 56.1 Å². The molecule has 0 spiro atoms. The number of rotatable bonds is 3. The lowest BCUT2D eigenvalue weighted by Crippen LogP contribution is -2.40. The van der Waals surface area contributed by atoms with E-state index in [1.165, 1.54) is 16.8 Å². The van der Waals surface area contributed by atoms with Crippen LogP contribution in [0, 0.1) is 0 Å². The third-order valence-electron chi connectivity index (χ3n) is 4.52. The number of anilines is 1. The van der Waals surface area contributed by atoms with Crippen LogP contribution in [-0.2, 0) is 17.6 Å². The van der Waals surface area contributed by atoms with Gasteiger partial charge in [0.2, 0.25) is 0 Å². The summed E-state index contributed by atoms with van der Waals surface area (Å²) in [5, 5.41) is 0. The van der Waals surface area contributed by atoms with Gasteiger partial charge in [-0.3, -0.25) is 0 Å². The zero-order valence-corrected chi connectivity index (χ0v) is 13.4. The standard InChI is InChI=1S/C16H25BN2O2/c1-12-11-18(7-8-20-2)15-9-13-3-5-19(17)6-4-14(13)10-16(15)21-12/h9-10,12H,3-8,11,17H2,1-2H3. The third kappa shape index (κ3) is 3.19. The van der Waals surface area contributed by atoms with Gasteiger partial charge in [-0.15, -0.1) is 0 Å². The number of benzene rings is 1. The van der Waals surface area contributed by atoms with Crippen molar-refractivity contribution >= 4 is 13.7 Å². The molecule has 0 amide bonds. The van der Waals surface area contributed by atoms with E-state index in [1.807, 2.05) is 0 Å². The number of nitrogens with zero attached hydrogens (tertiary/aromatic N) is 2. The molecular weight excluding hydrogens is 263 g/mol. The number of hydrogen-bond acceptors (Lipinski definition) is 4. The molecule has 1 aromatic rings. The molecule has 5 heteroatoms. The Labute approximate surface area is 128 Å². The van der Waals surface area contributed by atoms with E-state index in [9.17, 15) is 0 Å². The Morgan fingerprint density at radius 3 is 2.71 bits per heavy atom. The van der Waals surface area contributed by atoms with Crippen LogP contribution in [0.3, 0.4) is 0 Å². The Balaban J connectivity index is 1.91. The number of hydrogen-bond donors (Lipinski definition) is 0. The molecule has 1 atom stereocenters. The van der Waals surface area contributed by atoms with Crippen LogP contribution in [0.15, 0.2) is 12.1 Å². The highest BCUT2D eigenvalue weighted by atomic mass is 16.5. The van der Waals surface area contributed by atoms with Crippen molar-refractivity contribution in [1.29, 1.82) is 0 Å². The highest BCUT2D eigenvalue weighted by molar-refractivity contribution is 6.04. The molecule has 0 aromatic heterocycles. The first kappa shape index (κ1) is 14.7. The fraction of sp³-hybridized carbons (Fsp3) is 0.625. The van der Waals surface area contributed by atoms with Gasteiger partial charge in [0, 0.05) is 13.7 Å². The van der Waals surface area contributed by atoms with E-state index in [0.717, 1.165) is 51.4 Å². The van der Waals surface area contributed by atoms with Gasteiger partial charge < -0.3 is 19.2 Å². The Morgan fingerprint density at radius 2 is 2.00 bits per heavy atom. The summed E-state index contributed by atoms with van der Waals surface area (Å²) in [6.45, 7) is 7.04. The minimum atomic E-state index is 0.237. The van der Waals surface area contributed by atoms with E-state index >= 15 is 0 Å². The Morgan fingerprint density at radius 1 is 1.29 bits per heavy atom. The van der Waals surface area contributed by atoms with Crippen LogP contribution in [0.2, 0.25) is 0 Å². The molecule has 0 aliphatic carbocycles. The summed E-state index contributed by atoms with van der Waals surface area (Å²) in [4.78, 5) is 4.81. The van der Waals surface area contributed by atoms with E-state index in [0.29, 0.717) is 0 Å². The van der Waals surface area contributed by atoms with Crippen LogP contribution in [-0.4, -0.2) is 58.8 Å². The largest absolute Gasteiger partial charge is 0.487 e. The number of ether oxygens (including phenoxy) is 2. The molecule has 2 aliphatic heterocycles. The molecule has 0 N–H and O–H groups in total. The van der Waals surface area contributed by atoms with Gasteiger partial charge in [0.15, 0.2) is 7.98 Å². The summed E-state index contributed by atoms with van der Waals surface area (Å²) in [5.41, 5.74) is 4.19. The average Bonchev–Trinajstić information content (AvgIpc) is 2.65. The van der Waals surface area contributed by atoms with E-state index in [1.54, 1.807) is 7.11 Å². The molecule has 2 heterocycles. The molecule has 4 nitrogen and oxygen atoms in total. The SMILES string of the molecule is BN1CCc2cc3c(cc2CC1)N(CCOC)CC(C)O3. The van der Waals surface area contributed by atoms with Crippen LogP contribution in [0.1, 0.15) is 18.1 Å². The molecule has 3 rings (SSSR count). The second-order valence-corrected chi connectivity index (χ2v) is 6.26. The average molecular weight is 288 g/mol. The van der Waals surface area contributed by atoms with Crippen molar-refractivity contribution in [3.63, 3.8) is 0 Å². The number of fused-ring (bicyclic) bond motifs is 2. The minimum Gasteiger partial charge on any atom is -0.487 e. The lowest BCUT2D eigenvalue weighted by atomic mass is 10.00. The Hall–Kier alpha value is -1.20. The van der Waals surface area contributed by atoms with Crippen molar-refractivity contribution in [3.05, 3.63) is 23.3 Å². The zero-order chi connectivity index (χ0) is 14.8. The van der Waals surface area contributed by atoms with Gasteiger partial charge in [0.05, 0.1) is 18.8 Å². The quantitative estimate of drug-likeness (QED) is 0.771. The summed E-state index contributed by atoms with van der Waals surface area (Å²) in [7, 11) is 3.97. The van der Waals surface area contributed by atoms with E-state index in [-0.39, 0.29) is 6.10 Å². The lowest BCUT2D eigenvalue weighted by Gasteiger charge is -2.35. The van der Waals surface area contributed by atoms with Gasteiger partial charge in [0.1, 0.15) is 11.9 Å². The molecule has 0 saturated carbocycles. The minimum absolute atomic E-state index is 0.237. The molecule has 1 aromatic carbocycles. The van der Waals surface area contributed by atoms with Crippen molar-refractivity contribution in [3.8, 4) is 5.75 Å². The lowest BCUT2D eigenvalue weighted by molar-refractivity contribution is 0.186. The van der Waals surface area contributed by atoms with Crippen molar-refractivity contribution in [2.75, 3.05) is 44.8 Å². The monoisotopic (exact) mass is 288 g/mol. The summed E-state index contributed by atoms with van der Waals surface area (Å²) in [6.07, 6.45) is 2.49. The van der Waals surface area contributed by atoms with Gasteiger partial charge in [-0.25, -0.2) is 0 Å². The van der Waals surface area contributed by atoms with Gasteiger partial charge in [-0.1, -0.05) is 0 Å². The van der Waals surface area contributed by atoms with Crippen LogP contribution < -0.4 is 9.64 Å². The van der Waals surface area contributed by atoms with E-state index < -0.39 is 0 Å². The van der Waals surface area contributed by atoms with Crippen LogP contribution in [0.4, 0.5) is 5.69 Å². The molecule has 2 aliphatic rings. The van der Waals surface area contributed by atoms with E-state index in [2.05, 4.69) is 36.7 Å². The van der Waals surface area contributed by atoms with Crippen LogP contribution in [0.25, 0.3) is 0 Å². The Bertz CT molecular complexity index is 509. The van der Waals surface area contributed by atoms with Crippen LogP contribution in [0.5, 0.6) is 5.75 Å². The summed E-state index contributed by atoms with van der Waals surface area (Å²) < 4.78 is 11.3. The smallest absolute Gasteiger partial charge is 0.185 e. The summed E-state index contributed by atoms with van der Waals surface area (Å²) in [5.74, 6) is 1.05. The molecule has 0 fully saturated rings. The van der Waals surface area contributed by atoms with Crippen molar-refractivity contribution in [2.45, 2.75) is 25.9 Å². The normalized spacial score (nSPS) is 22.2. The van der Waals surface area contributed by atoms with Crippen molar-refractivity contribution in [2.24, 2.45) is 0 Å². The second kappa shape index (κ2) is 6.28. The molecule has 21 heavy (non-hydrogen) atoms. The fourth-order valence-corrected chi connectivity index (χ4v) is 3.27. The van der Waals surface area contributed by atoms with Gasteiger partial charge in [-0.2, -0.15) is 0 Å². The van der Waals surface area contributed by atoms with Gasteiger partial charge in [0.25, 0.3) is 0 Å². The molecule has 0 saturated heterocycles. The first-order valence-corrected chi connectivity index (χ1v) is 7.92. The molecule has 0 radical (unpaired) electrons. The van der Waals surface area contributed by atoms with E-state index in [4.69, 9.17) is 9.47 Å². The molecular formula is C16H25BN2O2. The first-order chi connectivity index (χ1) is 10.2. The van der Waals surface area contributed by atoms with Gasteiger partial charge >= 0.3 is 0 Å². The maximum absolute atomic E-state index is 6.08. The predicted octanol–water partition coefficient (Wildman–Crippen LogP) is 0.869. The maximum Gasteiger partial charge on any atom is 0.185 e. The number of methoxy groups -OCH3 is 1. The van der Waals surface area contributed by atoms with Crippen molar-refractivity contribution in [1.82, 2.24) is 4.81 Å². The Kier molecular flexibility index (Phi) is 4.41.